The Hall–Kier alpha value is -1.91. The highest BCUT2D eigenvalue weighted by Crippen LogP contribution is 2.33. The molecule has 0 spiro atoms. The molecule has 1 unspecified atom stereocenters. The summed E-state index contributed by atoms with van der Waals surface area (Å²) >= 11 is 0. The highest BCUT2D eigenvalue weighted by molar-refractivity contribution is 5.66. The molecule has 3 N–H and O–H groups in total. The lowest BCUT2D eigenvalue weighted by Crippen LogP contribution is -2.16. The minimum atomic E-state index is -4.41. The van der Waals surface area contributed by atoms with Crippen LogP contribution < -0.4 is 11.1 Å². The number of anilines is 1. The second-order valence-corrected chi connectivity index (χ2v) is 4.82. The molecule has 0 aromatic heterocycles. The predicted octanol–water partition coefficient (Wildman–Crippen LogP) is 4.79. The summed E-state index contributed by atoms with van der Waals surface area (Å²) in [6.45, 7) is 7.48. The fraction of sp³-hybridized carbons (Fsp3) is 0.375. The number of nitrogens with one attached hydrogen (secondary N) is 1. The van der Waals surface area contributed by atoms with Crippen LogP contribution in [0.15, 0.2) is 36.9 Å². The zero-order valence-corrected chi connectivity index (χ0v) is 12.3. The Morgan fingerprint density at radius 1 is 1.33 bits per heavy atom. The van der Waals surface area contributed by atoms with Gasteiger partial charge in [-0.2, -0.15) is 13.2 Å². The number of benzene rings is 1. The second-order valence-electron chi connectivity index (χ2n) is 4.82. The molecule has 1 atom stereocenters. The zero-order chi connectivity index (χ0) is 16.0. The van der Waals surface area contributed by atoms with Gasteiger partial charge in [-0.3, -0.25) is 0 Å². The van der Waals surface area contributed by atoms with Crippen molar-refractivity contribution in [2.45, 2.75) is 38.9 Å². The molecule has 0 fully saturated rings. The molecule has 0 aliphatic carbocycles. The summed E-state index contributed by atoms with van der Waals surface area (Å²) < 4.78 is 38.8. The number of hydrogen-bond donors (Lipinski definition) is 2. The summed E-state index contributed by atoms with van der Waals surface area (Å²) in [7, 11) is 0. The van der Waals surface area contributed by atoms with Gasteiger partial charge in [-0.05, 0) is 36.6 Å². The number of halogens is 3. The molecule has 1 aromatic carbocycles. The van der Waals surface area contributed by atoms with Crippen molar-refractivity contribution in [1.29, 1.82) is 0 Å². The smallest absolute Gasteiger partial charge is 0.399 e. The van der Waals surface area contributed by atoms with Crippen molar-refractivity contribution in [3.05, 3.63) is 48.1 Å². The maximum atomic E-state index is 12.9. The Bertz CT molecular complexity index is 519. The number of nitrogens with two attached hydrogens (primary N) is 1. The highest BCUT2D eigenvalue weighted by atomic mass is 19.4. The molecule has 2 nitrogen and oxygen atoms in total. The van der Waals surface area contributed by atoms with E-state index in [0.29, 0.717) is 5.69 Å². The van der Waals surface area contributed by atoms with E-state index in [1.54, 1.807) is 6.07 Å². The number of alkyl halides is 3. The Morgan fingerprint density at radius 3 is 2.48 bits per heavy atom. The molecule has 0 aliphatic heterocycles. The van der Waals surface area contributed by atoms with Gasteiger partial charge < -0.3 is 11.1 Å². The highest BCUT2D eigenvalue weighted by Gasteiger charge is 2.31. The van der Waals surface area contributed by atoms with Gasteiger partial charge in [0.25, 0.3) is 0 Å². The van der Waals surface area contributed by atoms with E-state index in [2.05, 4.69) is 11.9 Å². The Morgan fingerprint density at radius 2 is 2.00 bits per heavy atom. The molecule has 5 heteroatoms. The molecule has 1 rings (SSSR count). The van der Waals surface area contributed by atoms with Gasteiger partial charge in [0.15, 0.2) is 0 Å². The largest absolute Gasteiger partial charge is 0.416 e. The third-order valence-corrected chi connectivity index (χ3v) is 3.03. The van der Waals surface area contributed by atoms with E-state index >= 15 is 0 Å². The quantitative estimate of drug-likeness (QED) is 0.741. The topological polar surface area (TPSA) is 38.0 Å². The van der Waals surface area contributed by atoms with Crippen LogP contribution in [0.1, 0.15) is 37.8 Å². The number of rotatable bonds is 6. The van der Waals surface area contributed by atoms with E-state index in [-0.39, 0.29) is 17.3 Å². The fourth-order valence-electron chi connectivity index (χ4n) is 1.86. The molecule has 0 amide bonds. The first-order valence-corrected chi connectivity index (χ1v) is 6.88. The minimum Gasteiger partial charge on any atom is -0.399 e. The van der Waals surface area contributed by atoms with Crippen molar-refractivity contribution < 1.29 is 13.2 Å². The van der Waals surface area contributed by atoms with Gasteiger partial charge in [-0.15, -0.1) is 0 Å². The lowest BCUT2D eigenvalue weighted by molar-refractivity contribution is -0.137. The summed E-state index contributed by atoms with van der Waals surface area (Å²) in [5, 5.41) is 3.09. The van der Waals surface area contributed by atoms with E-state index < -0.39 is 11.7 Å². The average Bonchev–Trinajstić information content (AvgIpc) is 2.42. The fourth-order valence-corrected chi connectivity index (χ4v) is 1.86. The molecule has 1 aromatic rings. The predicted molar refractivity (Wildman–Crippen MR) is 81.8 cm³/mol. The summed E-state index contributed by atoms with van der Waals surface area (Å²) in [5.41, 5.74) is 5.58. The molecule has 116 valence electrons. The molecule has 0 bridgehead atoms. The third kappa shape index (κ3) is 5.17. The van der Waals surface area contributed by atoms with Crippen LogP contribution in [-0.2, 0) is 6.18 Å². The summed E-state index contributed by atoms with van der Waals surface area (Å²) in [4.78, 5) is 0. The third-order valence-electron chi connectivity index (χ3n) is 3.03. The SMILES string of the molecule is C=C(N)c1cc(NC(C=CCC)CC)cc(C(F)(F)F)c1. The first-order valence-electron chi connectivity index (χ1n) is 6.88. The number of hydrogen-bond acceptors (Lipinski definition) is 2. The molecular formula is C16H21F3N2. The van der Waals surface area contributed by atoms with Crippen LogP contribution in [-0.4, -0.2) is 6.04 Å². The normalized spacial score (nSPS) is 13.4. The van der Waals surface area contributed by atoms with Crippen LogP contribution in [0.5, 0.6) is 0 Å². The van der Waals surface area contributed by atoms with Crippen molar-refractivity contribution >= 4 is 11.4 Å². The minimum absolute atomic E-state index is 0.0210. The summed E-state index contributed by atoms with van der Waals surface area (Å²) in [5.74, 6) is 0. The van der Waals surface area contributed by atoms with Crippen molar-refractivity contribution in [3.63, 3.8) is 0 Å². The van der Waals surface area contributed by atoms with Crippen LogP contribution in [0.2, 0.25) is 0 Å². The van der Waals surface area contributed by atoms with E-state index in [0.717, 1.165) is 25.0 Å². The first kappa shape index (κ1) is 17.1. The van der Waals surface area contributed by atoms with E-state index in [4.69, 9.17) is 5.73 Å². The lowest BCUT2D eigenvalue weighted by atomic mass is 10.1. The average molecular weight is 298 g/mol. The standard InChI is InChI=1S/C16H21F3N2/c1-4-6-7-14(5-2)21-15-9-12(11(3)20)8-13(10-15)16(17,18)19/h6-10,14,21H,3-5,20H2,1-2H3. The first-order chi connectivity index (χ1) is 9.77. The molecular weight excluding hydrogens is 277 g/mol. The van der Waals surface area contributed by atoms with Gasteiger partial charge in [0.05, 0.1) is 5.56 Å². The monoisotopic (exact) mass is 298 g/mol. The molecule has 0 aliphatic rings. The van der Waals surface area contributed by atoms with Crippen LogP contribution in [0.3, 0.4) is 0 Å². The molecule has 0 saturated carbocycles. The molecule has 21 heavy (non-hydrogen) atoms. The molecule has 0 heterocycles. The van der Waals surface area contributed by atoms with Crippen molar-refractivity contribution in [2.24, 2.45) is 5.73 Å². The van der Waals surface area contributed by atoms with Crippen LogP contribution in [0.25, 0.3) is 5.70 Å². The van der Waals surface area contributed by atoms with Gasteiger partial charge in [0.2, 0.25) is 0 Å². The lowest BCUT2D eigenvalue weighted by Gasteiger charge is -2.18. The van der Waals surface area contributed by atoms with Crippen molar-refractivity contribution in [3.8, 4) is 0 Å². The summed E-state index contributed by atoms with van der Waals surface area (Å²) in [6.07, 6.45) is 1.18. The maximum absolute atomic E-state index is 12.9. The summed E-state index contributed by atoms with van der Waals surface area (Å²) in [6, 6.07) is 3.66. The zero-order valence-electron chi connectivity index (χ0n) is 12.3. The maximum Gasteiger partial charge on any atom is 0.416 e. The number of allylic oxidation sites excluding steroid dienone is 1. The Kier molecular flexibility index (Phi) is 5.88. The van der Waals surface area contributed by atoms with Crippen molar-refractivity contribution in [1.82, 2.24) is 0 Å². The van der Waals surface area contributed by atoms with Gasteiger partial charge in [-0.1, -0.05) is 32.6 Å². The van der Waals surface area contributed by atoms with Crippen molar-refractivity contribution in [2.75, 3.05) is 5.32 Å². The second kappa shape index (κ2) is 7.20. The van der Waals surface area contributed by atoms with E-state index in [1.807, 2.05) is 26.0 Å². The van der Waals surface area contributed by atoms with Gasteiger partial charge in [-0.25, -0.2) is 0 Å². The van der Waals surface area contributed by atoms with Gasteiger partial charge in [0.1, 0.15) is 0 Å². The van der Waals surface area contributed by atoms with Crippen LogP contribution in [0.4, 0.5) is 18.9 Å². The van der Waals surface area contributed by atoms with Crippen LogP contribution >= 0.6 is 0 Å². The molecule has 0 radical (unpaired) electrons. The Balaban J connectivity index is 3.13. The van der Waals surface area contributed by atoms with E-state index in [1.165, 1.54) is 0 Å². The van der Waals surface area contributed by atoms with Gasteiger partial charge in [0, 0.05) is 17.4 Å². The Labute approximate surface area is 123 Å². The van der Waals surface area contributed by atoms with E-state index in [9.17, 15) is 13.2 Å². The van der Waals surface area contributed by atoms with Crippen LogP contribution in [0, 0.1) is 0 Å². The molecule has 0 saturated heterocycles. The van der Waals surface area contributed by atoms with Gasteiger partial charge >= 0.3 is 6.18 Å².